The maximum absolute atomic E-state index is 5.92. The minimum Gasteiger partial charge on any atom is -0.271 e. The van der Waals surface area contributed by atoms with Crippen LogP contribution in [0, 0.1) is 17.8 Å². The van der Waals surface area contributed by atoms with Gasteiger partial charge in [0, 0.05) is 6.04 Å². The van der Waals surface area contributed by atoms with Gasteiger partial charge >= 0.3 is 0 Å². The van der Waals surface area contributed by atoms with Gasteiger partial charge in [-0.15, -0.1) is 0 Å². The molecule has 0 amide bonds. The summed E-state index contributed by atoms with van der Waals surface area (Å²) in [5, 5.41) is 0. The molecule has 2 rings (SSSR count). The van der Waals surface area contributed by atoms with Crippen molar-refractivity contribution in [2.45, 2.75) is 83.6 Å². The monoisotopic (exact) mass is 252 g/mol. The van der Waals surface area contributed by atoms with Crippen molar-refractivity contribution in [1.82, 2.24) is 5.43 Å². The van der Waals surface area contributed by atoms with Gasteiger partial charge in [0.25, 0.3) is 0 Å². The summed E-state index contributed by atoms with van der Waals surface area (Å²) in [7, 11) is 0. The number of hydrazine groups is 1. The lowest BCUT2D eigenvalue weighted by molar-refractivity contribution is 0.159. The van der Waals surface area contributed by atoms with Crippen LogP contribution in [0.4, 0.5) is 0 Å². The number of hydrogen-bond acceptors (Lipinski definition) is 2. The van der Waals surface area contributed by atoms with Crippen LogP contribution in [0.2, 0.25) is 0 Å². The fraction of sp³-hybridized carbons (Fsp3) is 1.00. The standard InChI is InChI=1S/C16H32N2/c1-2-13-8-7-11-15(12-13)16(18-17)14-9-5-3-4-6-10-14/h13-16,18H,2-12,17H2,1H3. The average Bonchev–Trinajstić information content (AvgIpc) is 2.69. The van der Waals surface area contributed by atoms with Crippen molar-refractivity contribution in [1.29, 1.82) is 0 Å². The Kier molecular flexibility index (Phi) is 5.97. The van der Waals surface area contributed by atoms with E-state index >= 15 is 0 Å². The smallest absolute Gasteiger partial charge is 0.0267 e. The van der Waals surface area contributed by atoms with E-state index in [0.717, 1.165) is 17.8 Å². The molecule has 0 aromatic carbocycles. The molecule has 106 valence electrons. The fourth-order valence-corrected chi connectivity index (χ4v) is 4.36. The predicted octanol–water partition coefficient (Wildman–Crippen LogP) is 4.01. The Labute approximate surface area is 113 Å². The van der Waals surface area contributed by atoms with Crippen molar-refractivity contribution in [3.05, 3.63) is 0 Å². The SMILES string of the molecule is CCC1CCCC(C(NN)C2CCCCCC2)C1. The van der Waals surface area contributed by atoms with Crippen molar-refractivity contribution < 1.29 is 0 Å². The highest BCUT2D eigenvalue weighted by Crippen LogP contribution is 2.37. The third-order valence-corrected chi connectivity index (χ3v) is 5.51. The lowest BCUT2D eigenvalue weighted by atomic mass is 9.72. The number of rotatable bonds is 4. The summed E-state index contributed by atoms with van der Waals surface area (Å²) >= 11 is 0. The molecule has 0 bridgehead atoms. The Morgan fingerprint density at radius 3 is 2.22 bits per heavy atom. The lowest BCUT2D eigenvalue weighted by Crippen LogP contribution is -2.47. The molecular formula is C16H32N2. The second kappa shape index (κ2) is 7.49. The quantitative estimate of drug-likeness (QED) is 0.451. The van der Waals surface area contributed by atoms with Gasteiger partial charge in [0.05, 0.1) is 0 Å². The van der Waals surface area contributed by atoms with Gasteiger partial charge in [-0.1, -0.05) is 51.9 Å². The predicted molar refractivity (Wildman–Crippen MR) is 78.0 cm³/mol. The maximum Gasteiger partial charge on any atom is 0.0267 e. The molecule has 0 aliphatic heterocycles. The molecule has 0 heterocycles. The van der Waals surface area contributed by atoms with Gasteiger partial charge in [0.1, 0.15) is 0 Å². The molecule has 2 heteroatoms. The summed E-state index contributed by atoms with van der Waals surface area (Å²) < 4.78 is 0. The topological polar surface area (TPSA) is 38.0 Å². The molecule has 3 atom stereocenters. The third kappa shape index (κ3) is 3.71. The zero-order valence-electron chi connectivity index (χ0n) is 12.2. The Morgan fingerprint density at radius 1 is 0.944 bits per heavy atom. The molecule has 0 radical (unpaired) electrons. The van der Waals surface area contributed by atoms with E-state index in [1.165, 1.54) is 70.6 Å². The minimum atomic E-state index is 0.595. The van der Waals surface area contributed by atoms with E-state index in [-0.39, 0.29) is 0 Å². The Hall–Kier alpha value is -0.0800. The van der Waals surface area contributed by atoms with Crippen LogP contribution in [0.1, 0.15) is 77.6 Å². The van der Waals surface area contributed by atoms with E-state index in [0.29, 0.717) is 6.04 Å². The minimum absolute atomic E-state index is 0.595. The van der Waals surface area contributed by atoms with Crippen molar-refractivity contribution in [2.75, 3.05) is 0 Å². The molecule has 2 aliphatic rings. The fourth-order valence-electron chi connectivity index (χ4n) is 4.36. The van der Waals surface area contributed by atoms with Crippen molar-refractivity contribution >= 4 is 0 Å². The Morgan fingerprint density at radius 2 is 1.61 bits per heavy atom. The summed E-state index contributed by atoms with van der Waals surface area (Å²) in [5.41, 5.74) is 3.21. The van der Waals surface area contributed by atoms with Crippen LogP contribution in [-0.4, -0.2) is 6.04 Å². The van der Waals surface area contributed by atoms with Crippen molar-refractivity contribution in [2.24, 2.45) is 23.6 Å². The van der Waals surface area contributed by atoms with Crippen molar-refractivity contribution in [3.63, 3.8) is 0 Å². The van der Waals surface area contributed by atoms with Crippen LogP contribution in [-0.2, 0) is 0 Å². The second-order valence-corrected chi connectivity index (χ2v) is 6.65. The zero-order chi connectivity index (χ0) is 12.8. The van der Waals surface area contributed by atoms with E-state index in [2.05, 4.69) is 12.3 Å². The van der Waals surface area contributed by atoms with Crippen LogP contribution < -0.4 is 11.3 Å². The Balaban J connectivity index is 1.93. The van der Waals surface area contributed by atoms with Gasteiger partial charge in [0.15, 0.2) is 0 Å². The summed E-state index contributed by atoms with van der Waals surface area (Å²) in [6.07, 6.45) is 15.6. The van der Waals surface area contributed by atoms with E-state index < -0.39 is 0 Å². The highest BCUT2D eigenvalue weighted by Gasteiger charge is 2.32. The highest BCUT2D eigenvalue weighted by atomic mass is 15.2. The first kappa shape index (κ1) is 14.3. The van der Waals surface area contributed by atoms with Gasteiger partial charge in [-0.2, -0.15) is 0 Å². The van der Waals surface area contributed by atoms with Crippen molar-refractivity contribution in [3.8, 4) is 0 Å². The second-order valence-electron chi connectivity index (χ2n) is 6.65. The summed E-state index contributed by atoms with van der Waals surface area (Å²) in [6.45, 7) is 2.35. The molecule has 2 fully saturated rings. The van der Waals surface area contributed by atoms with Crippen LogP contribution in [0.15, 0.2) is 0 Å². The molecule has 0 aromatic rings. The third-order valence-electron chi connectivity index (χ3n) is 5.51. The van der Waals surface area contributed by atoms with E-state index in [1.54, 1.807) is 0 Å². The molecule has 2 nitrogen and oxygen atoms in total. The first-order chi connectivity index (χ1) is 8.85. The van der Waals surface area contributed by atoms with Crippen LogP contribution >= 0.6 is 0 Å². The molecular weight excluding hydrogens is 220 g/mol. The highest BCUT2D eigenvalue weighted by molar-refractivity contribution is 4.86. The average molecular weight is 252 g/mol. The molecule has 2 saturated carbocycles. The molecule has 18 heavy (non-hydrogen) atoms. The summed E-state index contributed by atoms with van der Waals surface area (Å²) in [5.74, 6) is 8.58. The number of nitrogens with two attached hydrogens (primary N) is 1. The molecule has 3 N–H and O–H groups in total. The lowest BCUT2D eigenvalue weighted by Gasteiger charge is -2.38. The molecule has 0 saturated heterocycles. The number of nitrogens with one attached hydrogen (secondary N) is 1. The molecule has 0 aromatic heterocycles. The van der Waals surface area contributed by atoms with Gasteiger partial charge in [-0.25, -0.2) is 0 Å². The molecule has 0 spiro atoms. The maximum atomic E-state index is 5.92. The van der Waals surface area contributed by atoms with E-state index in [4.69, 9.17) is 5.84 Å². The summed E-state index contributed by atoms with van der Waals surface area (Å²) in [6, 6.07) is 0.595. The summed E-state index contributed by atoms with van der Waals surface area (Å²) in [4.78, 5) is 0. The molecule has 2 aliphatic carbocycles. The van der Waals surface area contributed by atoms with Gasteiger partial charge in [-0.3, -0.25) is 11.3 Å². The van der Waals surface area contributed by atoms with Crippen LogP contribution in [0.5, 0.6) is 0 Å². The first-order valence-corrected chi connectivity index (χ1v) is 8.31. The van der Waals surface area contributed by atoms with Gasteiger partial charge in [0.2, 0.25) is 0 Å². The van der Waals surface area contributed by atoms with Gasteiger partial charge in [-0.05, 0) is 43.4 Å². The van der Waals surface area contributed by atoms with Gasteiger partial charge < -0.3 is 0 Å². The van der Waals surface area contributed by atoms with E-state index in [1.807, 2.05) is 0 Å². The van der Waals surface area contributed by atoms with E-state index in [9.17, 15) is 0 Å². The zero-order valence-corrected chi connectivity index (χ0v) is 12.2. The number of hydrogen-bond donors (Lipinski definition) is 2. The normalized spacial score (nSPS) is 33.0. The first-order valence-electron chi connectivity index (χ1n) is 8.31. The molecule has 3 unspecified atom stereocenters. The van der Waals surface area contributed by atoms with Crippen LogP contribution in [0.3, 0.4) is 0 Å². The Bertz CT molecular complexity index is 221. The van der Waals surface area contributed by atoms with Crippen LogP contribution in [0.25, 0.3) is 0 Å². The largest absolute Gasteiger partial charge is 0.271 e.